The van der Waals surface area contributed by atoms with Crippen molar-refractivity contribution in [3.63, 3.8) is 0 Å². The first-order valence-electron chi connectivity index (χ1n) is 8.61. The number of anilines is 1. The molecule has 0 aliphatic carbocycles. The lowest BCUT2D eigenvalue weighted by molar-refractivity contribution is -0.385. The molecule has 1 heterocycles. The summed E-state index contributed by atoms with van der Waals surface area (Å²) in [5.41, 5.74) is 1.85. The predicted molar refractivity (Wildman–Crippen MR) is 107 cm³/mol. The minimum absolute atomic E-state index is 0.107. The van der Waals surface area contributed by atoms with E-state index in [1.54, 1.807) is 30.3 Å². The van der Waals surface area contributed by atoms with Gasteiger partial charge in [-0.15, -0.1) is 0 Å². The maximum absolute atomic E-state index is 12.7. The second-order valence-corrected chi connectivity index (χ2v) is 7.10. The van der Waals surface area contributed by atoms with Gasteiger partial charge in [-0.05, 0) is 54.4 Å². The standard InChI is InChI=1S/C20H18N2O4S/c1-2-3-6-14-9-11-16(12-10-14)21-19(23)18(27-20(21)24)13-15-7-4-5-8-17(15)22(25)26/h4-5,7-13H,2-3,6H2,1H3/b18-13-. The molecule has 27 heavy (non-hydrogen) atoms. The molecule has 0 bridgehead atoms. The highest BCUT2D eigenvalue weighted by Crippen LogP contribution is 2.36. The van der Waals surface area contributed by atoms with E-state index in [0.29, 0.717) is 11.3 Å². The Hall–Kier alpha value is -2.93. The van der Waals surface area contributed by atoms with Crippen LogP contribution in [0, 0.1) is 10.1 Å². The summed E-state index contributed by atoms with van der Waals surface area (Å²) in [4.78, 5) is 37.0. The number of hydrogen-bond acceptors (Lipinski definition) is 5. The van der Waals surface area contributed by atoms with E-state index >= 15 is 0 Å². The summed E-state index contributed by atoms with van der Waals surface area (Å²) >= 11 is 0.786. The number of aryl methyl sites for hydroxylation is 1. The number of amides is 2. The minimum Gasteiger partial charge on any atom is -0.268 e. The number of nitro groups is 1. The topological polar surface area (TPSA) is 80.5 Å². The van der Waals surface area contributed by atoms with Gasteiger partial charge in [-0.3, -0.25) is 19.7 Å². The third-order valence-electron chi connectivity index (χ3n) is 4.23. The van der Waals surface area contributed by atoms with Crippen LogP contribution in [-0.4, -0.2) is 16.1 Å². The van der Waals surface area contributed by atoms with Crippen LogP contribution in [0.1, 0.15) is 30.9 Å². The van der Waals surface area contributed by atoms with Crippen LogP contribution < -0.4 is 4.90 Å². The Kier molecular flexibility index (Phi) is 5.71. The highest BCUT2D eigenvalue weighted by Gasteiger charge is 2.36. The minimum atomic E-state index is -0.509. The van der Waals surface area contributed by atoms with E-state index in [1.807, 2.05) is 12.1 Å². The van der Waals surface area contributed by atoms with E-state index < -0.39 is 16.1 Å². The maximum atomic E-state index is 12.7. The highest BCUT2D eigenvalue weighted by molar-refractivity contribution is 8.19. The Bertz CT molecular complexity index is 922. The van der Waals surface area contributed by atoms with Crippen molar-refractivity contribution in [2.45, 2.75) is 26.2 Å². The number of carbonyl (C=O) groups is 2. The lowest BCUT2D eigenvalue weighted by Gasteiger charge is -2.13. The van der Waals surface area contributed by atoms with E-state index in [1.165, 1.54) is 12.1 Å². The first-order valence-corrected chi connectivity index (χ1v) is 9.43. The molecule has 0 unspecified atom stereocenters. The monoisotopic (exact) mass is 382 g/mol. The van der Waals surface area contributed by atoms with Gasteiger partial charge >= 0.3 is 0 Å². The average molecular weight is 382 g/mol. The SMILES string of the molecule is CCCCc1ccc(N2C(=O)S/C(=C\c3ccccc3[N+](=O)[O-])C2=O)cc1. The molecule has 1 aliphatic rings. The van der Waals surface area contributed by atoms with Crippen LogP contribution in [0.25, 0.3) is 6.08 Å². The molecule has 2 aromatic carbocycles. The van der Waals surface area contributed by atoms with Crippen molar-refractivity contribution >= 4 is 40.4 Å². The molecule has 1 aliphatic heterocycles. The van der Waals surface area contributed by atoms with Gasteiger partial charge in [0.05, 0.1) is 21.1 Å². The fourth-order valence-electron chi connectivity index (χ4n) is 2.80. The van der Waals surface area contributed by atoms with Crippen LogP contribution in [0.15, 0.2) is 53.4 Å². The molecule has 7 heteroatoms. The number of hydrogen-bond donors (Lipinski definition) is 0. The molecule has 0 aromatic heterocycles. The largest absolute Gasteiger partial charge is 0.298 e. The van der Waals surface area contributed by atoms with Crippen molar-refractivity contribution in [2.24, 2.45) is 0 Å². The van der Waals surface area contributed by atoms with Gasteiger partial charge in [0.15, 0.2) is 0 Å². The zero-order valence-electron chi connectivity index (χ0n) is 14.8. The van der Waals surface area contributed by atoms with Gasteiger partial charge in [0.25, 0.3) is 16.8 Å². The molecule has 0 N–H and O–H groups in total. The lowest BCUT2D eigenvalue weighted by Crippen LogP contribution is -2.27. The number of thioether (sulfide) groups is 1. The zero-order valence-corrected chi connectivity index (χ0v) is 15.6. The number of rotatable bonds is 6. The Morgan fingerprint density at radius 2 is 1.81 bits per heavy atom. The van der Waals surface area contributed by atoms with Crippen molar-refractivity contribution in [3.05, 3.63) is 74.7 Å². The van der Waals surface area contributed by atoms with Gasteiger partial charge in [-0.2, -0.15) is 0 Å². The summed E-state index contributed by atoms with van der Waals surface area (Å²) in [6.45, 7) is 2.12. The Morgan fingerprint density at radius 1 is 1.11 bits per heavy atom. The van der Waals surface area contributed by atoms with Gasteiger partial charge in [0, 0.05) is 6.07 Å². The fraction of sp³-hybridized carbons (Fsp3) is 0.200. The third kappa shape index (κ3) is 4.09. The normalized spacial score (nSPS) is 15.6. The van der Waals surface area contributed by atoms with Crippen molar-refractivity contribution in [1.29, 1.82) is 0 Å². The second-order valence-electron chi connectivity index (χ2n) is 6.10. The van der Waals surface area contributed by atoms with Gasteiger partial charge in [0.1, 0.15) is 0 Å². The van der Waals surface area contributed by atoms with Crippen LogP contribution in [-0.2, 0) is 11.2 Å². The van der Waals surface area contributed by atoms with Gasteiger partial charge in [0.2, 0.25) is 0 Å². The van der Waals surface area contributed by atoms with E-state index in [-0.39, 0.29) is 10.6 Å². The molecule has 0 atom stereocenters. The van der Waals surface area contributed by atoms with E-state index in [4.69, 9.17) is 0 Å². The number of carbonyl (C=O) groups excluding carboxylic acids is 2. The van der Waals surface area contributed by atoms with E-state index in [9.17, 15) is 19.7 Å². The molecular formula is C20H18N2O4S. The van der Waals surface area contributed by atoms with Crippen LogP contribution in [0.3, 0.4) is 0 Å². The van der Waals surface area contributed by atoms with Crippen LogP contribution in [0.5, 0.6) is 0 Å². The van der Waals surface area contributed by atoms with Gasteiger partial charge in [-0.1, -0.05) is 37.6 Å². The summed E-state index contributed by atoms with van der Waals surface area (Å²) in [5.74, 6) is -0.468. The third-order valence-corrected chi connectivity index (χ3v) is 5.10. The number of nitrogens with zero attached hydrogens (tertiary/aromatic N) is 2. The highest BCUT2D eigenvalue weighted by atomic mass is 32.2. The molecule has 138 valence electrons. The lowest BCUT2D eigenvalue weighted by atomic mass is 10.1. The van der Waals surface area contributed by atoms with Crippen molar-refractivity contribution < 1.29 is 14.5 Å². The second kappa shape index (κ2) is 8.18. The fourth-order valence-corrected chi connectivity index (χ4v) is 3.63. The zero-order chi connectivity index (χ0) is 19.4. The molecule has 1 saturated heterocycles. The van der Waals surface area contributed by atoms with Crippen molar-refractivity contribution in [3.8, 4) is 0 Å². The molecule has 1 fully saturated rings. The van der Waals surface area contributed by atoms with E-state index in [0.717, 1.165) is 41.5 Å². The molecular weight excluding hydrogens is 364 g/mol. The Labute approximate surface area is 161 Å². The van der Waals surface area contributed by atoms with Crippen molar-refractivity contribution in [2.75, 3.05) is 4.90 Å². The predicted octanol–water partition coefficient (Wildman–Crippen LogP) is 5.18. The molecule has 2 aromatic rings. The van der Waals surface area contributed by atoms with Crippen molar-refractivity contribution in [1.82, 2.24) is 0 Å². The average Bonchev–Trinajstić information content (AvgIpc) is 2.94. The maximum Gasteiger partial charge on any atom is 0.298 e. The summed E-state index contributed by atoms with van der Waals surface area (Å²) in [5, 5.41) is 10.7. The smallest absolute Gasteiger partial charge is 0.268 e. The van der Waals surface area contributed by atoms with Crippen LogP contribution in [0.4, 0.5) is 16.2 Å². The summed E-state index contributed by atoms with van der Waals surface area (Å²) < 4.78 is 0. The number of imide groups is 1. The summed E-state index contributed by atoms with van der Waals surface area (Å²) in [7, 11) is 0. The number of benzene rings is 2. The Balaban J connectivity index is 1.86. The first kappa shape index (κ1) is 18.8. The Morgan fingerprint density at radius 3 is 2.48 bits per heavy atom. The summed E-state index contributed by atoms with van der Waals surface area (Å²) in [6.07, 6.45) is 4.54. The number of para-hydroxylation sites is 1. The number of unbranched alkanes of at least 4 members (excludes halogenated alkanes) is 1. The van der Waals surface area contributed by atoms with Gasteiger partial charge in [-0.25, -0.2) is 4.90 Å². The number of nitro benzene ring substituents is 1. The van der Waals surface area contributed by atoms with Crippen LogP contribution in [0.2, 0.25) is 0 Å². The van der Waals surface area contributed by atoms with E-state index in [2.05, 4.69) is 6.92 Å². The first-order chi connectivity index (χ1) is 13.0. The molecule has 2 amide bonds. The quantitative estimate of drug-likeness (QED) is 0.391. The molecule has 0 radical (unpaired) electrons. The molecule has 3 rings (SSSR count). The van der Waals surface area contributed by atoms with Gasteiger partial charge < -0.3 is 0 Å². The van der Waals surface area contributed by atoms with Crippen LogP contribution >= 0.6 is 11.8 Å². The molecule has 6 nitrogen and oxygen atoms in total. The molecule has 0 spiro atoms. The molecule has 0 saturated carbocycles. The summed E-state index contributed by atoms with van der Waals surface area (Å²) in [6, 6.07) is 13.5.